The van der Waals surface area contributed by atoms with Gasteiger partial charge >= 0.3 is 5.97 Å². The van der Waals surface area contributed by atoms with E-state index in [1.54, 1.807) is 0 Å². The highest BCUT2D eigenvalue weighted by Crippen LogP contribution is 2.58. The van der Waals surface area contributed by atoms with Crippen LogP contribution in [0.5, 0.6) is 0 Å². The first kappa shape index (κ1) is 57.2. The van der Waals surface area contributed by atoms with Crippen molar-refractivity contribution in [3.8, 4) is 0 Å². The molecule has 10 rings (SSSR count). The molecular formula is C58H70Cl4N8O3S2. The smallest absolute Gasteiger partial charge is 0.344 e. The molecule has 11 nitrogen and oxygen atoms in total. The highest BCUT2D eigenvalue weighted by molar-refractivity contribution is 8.18. The first-order chi connectivity index (χ1) is 35.6. The summed E-state index contributed by atoms with van der Waals surface area (Å²) in [7, 11) is 8.40. The summed E-state index contributed by atoms with van der Waals surface area (Å²) in [5, 5.41) is 17.5. The Bertz CT molecular complexity index is 2840. The van der Waals surface area contributed by atoms with Crippen molar-refractivity contribution in [3.63, 3.8) is 0 Å². The third kappa shape index (κ3) is 12.2. The molecule has 4 aromatic rings. The van der Waals surface area contributed by atoms with Gasteiger partial charge in [0.25, 0.3) is 5.91 Å². The number of benzene rings is 4. The van der Waals surface area contributed by atoms with Gasteiger partial charge in [-0.2, -0.15) is 0 Å². The van der Waals surface area contributed by atoms with E-state index in [0.717, 1.165) is 75.7 Å². The van der Waals surface area contributed by atoms with E-state index in [0.29, 0.717) is 30.2 Å². The minimum Gasteiger partial charge on any atom is -0.477 e. The van der Waals surface area contributed by atoms with Crippen LogP contribution in [0.15, 0.2) is 128 Å². The molecule has 6 aliphatic heterocycles. The zero-order chi connectivity index (χ0) is 54.1. The van der Waals surface area contributed by atoms with Gasteiger partial charge < -0.3 is 34.9 Å². The molecule has 6 aliphatic rings. The summed E-state index contributed by atoms with van der Waals surface area (Å²) in [5.41, 5.74) is 4.92. The van der Waals surface area contributed by atoms with Crippen molar-refractivity contribution < 1.29 is 14.7 Å². The molecule has 0 saturated carbocycles. The van der Waals surface area contributed by atoms with Crippen molar-refractivity contribution in [2.45, 2.75) is 102 Å². The maximum absolute atomic E-state index is 14.1. The van der Waals surface area contributed by atoms with E-state index < -0.39 is 17.0 Å². The Hall–Kier alpha value is -4.02. The monoisotopic (exact) mass is 1130 g/mol. The summed E-state index contributed by atoms with van der Waals surface area (Å²) in [6.45, 7) is 16.7. The predicted molar refractivity (Wildman–Crippen MR) is 314 cm³/mol. The van der Waals surface area contributed by atoms with Crippen molar-refractivity contribution in [1.29, 1.82) is 0 Å². The van der Waals surface area contributed by atoms with Crippen molar-refractivity contribution in [2.24, 2.45) is 21.8 Å². The van der Waals surface area contributed by atoms with Crippen molar-refractivity contribution >= 4 is 92.1 Å². The molecule has 0 aliphatic carbocycles. The molecule has 2 fully saturated rings. The van der Waals surface area contributed by atoms with Gasteiger partial charge in [-0.25, -0.2) is 14.8 Å². The topological polar surface area (TPSA) is 107 Å². The number of thioether (sulfide) groups is 2. The molecule has 1 amide bonds. The van der Waals surface area contributed by atoms with Gasteiger partial charge in [-0.3, -0.25) is 4.79 Å². The number of halogens is 4. The van der Waals surface area contributed by atoms with Gasteiger partial charge in [0.05, 0.1) is 12.1 Å². The molecule has 2 saturated heterocycles. The minimum atomic E-state index is -0.918. The third-order valence-corrected chi connectivity index (χ3v) is 17.8. The van der Waals surface area contributed by atoms with Crippen LogP contribution in [-0.4, -0.2) is 118 Å². The van der Waals surface area contributed by atoms with Crippen LogP contribution < -0.4 is 5.32 Å². The lowest BCUT2D eigenvalue weighted by molar-refractivity contribution is -0.132. The summed E-state index contributed by atoms with van der Waals surface area (Å²) in [6, 6.07) is 32.1. The molecule has 17 heteroatoms. The van der Waals surface area contributed by atoms with E-state index >= 15 is 0 Å². The summed E-state index contributed by atoms with van der Waals surface area (Å²) >= 11 is 27.5. The number of hydrogen-bond acceptors (Lipinski definition) is 11. The molecule has 75 heavy (non-hydrogen) atoms. The van der Waals surface area contributed by atoms with Gasteiger partial charge in [0.2, 0.25) is 0 Å². The van der Waals surface area contributed by atoms with Crippen LogP contribution in [0.1, 0.15) is 102 Å². The Morgan fingerprint density at radius 2 is 1.05 bits per heavy atom. The molecule has 2 N–H and O–H groups in total. The molecule has 0 aromatic heterocycles. The Balaban J connectivity index is 0.000000174. The Kier molecular flexibility index (Phi) is 18.2. The second-order valence-electron chi connectivity index (χ2n) is 21.6. The molecule has 4 unspecified atom stereocenters. The number of amidine groups is 2. The predicted octanol–water partition coefficient (Wildman–Crippen LogP) is 13.4. The standard InChI is InChI=1S/C29H34Cl2N4OS.C22H20Cl2N2O2S.C7H16N2/c1-18(2)24-25(27(36)34-16-6-7-23(34)17-33(4)5)37-28-32-29(3,20-10-14-22(31)15-11-20)26(35(24)28)19-8-12-21(30)13-9-19;1-12(2)17-18(20(27)28)29-21-25-22(3,14-6-10-16(24)11-7-14)19(26(17)21)13-4-8-15(23)9-5-13;1-9(2)6-7-4-3-5-8-7/h8-15,18,23,26H,6-7,16-17H2,1-5H3;4-12,19H,1-3H3,(H,27,28);7-8H,3-6H2,1-2H3/t23-,26?,29?;;7-/m0.0/s1. The number of fused-ring (bicyclic) bond motifs is 2. The second kappa shape index (κ2) is 23.9. The van der Waals surface area contributed by atoms with Crippen LogP contribution >= 0.6 is 69.9 Å². The summed E-state index contributed by atoms with van der Waals surface area (Å²) in [5.74, 6) is -0.600. The number of carbonyl (C=O) groups is 2. The number of likely N-dealkylation sites (tertiary alicyclic amines) is 1. The van der Waals surface area contributed by atoms with Crippen LogP contribution in [0, 0.1) is 11.8 Å². The molecule has 400 valence electrons. The van der Waals surface area contributed by atoms with Gasteiger partial charge in [0, 0.05) is 63.2 Å². The average molecular weight is 1130 g/mol. The van der Waals surface area contributed by atoms with Crippen LogP contribution in [0.25, 0.3) is 0 Å². The normalized spacial score (nSPS) is 25.0. The number of aliphatic imine (C=N–C) groups is 2. The first-order valence-corrected chi connectivity index (χ1v) is 29.0. The number of amides is 1. The number of aliphatic carboxylic acids is 1. The van der Waals surface area contributed by atoms with Crippen molar-refractivity contribution in [2.75, 3.05) is 54.4 Å². The Labute approximate surface area is 472 Å². The van der Waals surface area contributed by atoms with Gasteiger partial charge in [-0.1, -0.05) is 123 Å². The largest absolute Gasteiger partial charge is 0.477 e. The number of nitrogens with one attached hydrogen (secondary N) is 1. The molecule has 6 atom stereocenters. The van der Waals surface area contributed by atoms with E-state index in [-0.39, 0.29) is 35.9 Å². The first-order valence-electron chi connectivity index (χ1n) is 25.8. The van der Waals surface area contributed by atoms with Gasteiger partial charge in [-0.05, 0) is 180 Å². The SMILES string of the molecule is CC(C)C1=C(C(=O)N2CCC[C@H]2CN(C)C)SC2=NC(C)(c3ccc(Cl)cc3)C(c3ccc(Cl)cc3)N21.CC(C)C1=C(C(=O)O)SC2=NC(C)(c3ccc(Cl)cc3)C(c3ccc(Cl)cc3)N21.CN(C)C[C@@H]1CCCN1. The number of carboxylic acid groups (broad SMARTS) is 1. The van der Waals surface area contributed by atoms with Gasteiger partial charge in [0.1, 0.15) is 20.9 Å². The lowest BCUT2D eigenvalue weighted by atomic mass is 9.81. The number of hydrogen-bond donors (Lipinski definition) is 2. The van der Waals surface area contributed by atoms with Crippen LogP contribution in [0.2, 0.25) is 20.1 Å². The Morgan fingerprint density at radius 1 is 0.640 bits per heavy atom. The lowest BCUT2D eigenvalue weighted by Crippen LogP contribution is -2.42. The van der Waals surface area contributed by atoms with Gasteiger partial charge in [0.15, 0.2) is 10.3 Å². The van der Waals surface area contributed by atoms with Crippen molar-refractivity contribution in [1.82, 2.24) is 29.8 Å². The zero-order valence-electron chi connectivity index (χ0n) is 44.6. The minimum absolute atomic E-state index is 0.0312. The van der Waals surface area contributed by atoms with E-state index in [4.69, 9.17) is 56.4 Å². The maximum Gasteiger partial charge on any atom is 0.344 e. The highest BCUT2D eigenvalue weighted by atomic mass is 35.5. The lowest BCUT2D eigenvalue weighted by Gasteiger charge is -2.37. The number of rotatable bonds is 12. The number of likely N-dealkylation sites (N-methyl/N-ethyl adjacent to an activating group) is 2. The second-order valence-corrected chi connectivity index (χ2v) is 25.3. The summed E-state index contributed by atoms with van der Waals surface area (Å²) < 4.78 is 0. The van der Waals surface area contributed by atoms with Crippen LogP contribution in [-0.2, 0) is 20.7 Å². The van der Waals surface area contributed by atoms with Crippen LogP contribution in [0.3, 0.4) is 0 Å². The molecule has 0 bridgehead atoms. The zero-order valence-corrected chi connectivity index (χ0v) is 49.2. The Morgan fingerprint density at radius 3 is 1.44 bits per heavy atom. The highest BCUT2D eigenvalue weighted by Gasteiger charge is 2.55. The molecule has 0 radical (unpaired) electrons. The fourth-order valence-corrected chi connectivity index (χ4v) is 14.4. The average Bonchev–Trinajstić information content (AvgIpc) is 4.28. The number of carbonyl (C=O) groups excluding carboxylic acids is 1. The van der Waals surface area contributed by atoms with Crippen LogP contribution in [0.4, 0.5) is 0 Å². The van der Waals surface area contributed by atoms with E-state index in [9.17, 15) is 14.7 Å². The van der Waals surface area contributed by atoms with E-state index in [1.807, 2.05) is 86.6 Å². The van der Waals surface area contributed by atoms with E-state index in [2.05, 4.69) is 110 Å². The summed E-state index contributed by atoms with van der Waals surface area (Å²) in [4.78, 5) is 48.4. The van der Waals surface area contributed by atoms with E-state index in [1.165, 1.54) is 49.5 Å². The maximum atomic E-state index is 14.1. The molecule has 0 spiro atoms. The number of allylic oxidation sites excluding steroid dienone is 2. The van der Waals surface area contributed by atoms with Crippen molar-refractivity contribution in [3.05, 3.63) is 161 Å². The number of nitrogens with zero attached hydrogens (tertiary/aromatic N) is 7. The van der Waals surface area contributed by atoms with Gasteiger partial charge in [-0.15, -0.1) is 0 Å². The molecule has 4 aromatic carbocycles. The fourth-order valence-electron chi connectivity index (χ4n) is 11.3. The quantitative estimate of drug-likeness (QED) is 0.142. The third-order valence-electron chi connectivity index (χ3n) is 14.7. The fraction of sp³-hybridized carbons (Fsp3) is 0.448. The summed E-state index contributed by atoms with van der Waals surface area (Å²) in [6.07, 6.45) is 4.81. The molecule has 6 heterocycles. The number of carboxylic acids is 1. The molecular weight excluding hydrogens is 1060 g/mol.